The first kappa shape index (κ1) is 24.3. The predicted octanol–water partition coefficient (Wildman–Crippen LogP) is 5.91. The number of rotatable bonds is 9. The summed E-state index contributed by atoms with van der Waals surface area (Å²) in [5.41, 5.74) is 2.95. The summed E-state index contributed by atoms with van der Waals surface area (Å²) >= 11 is 3.64. The topological polar surface area (TPSA) is 58.6 Å². The lowest BCUT2D eigenvalue weighted by atomic mass is 10.0. The Kier molecular flexibility index (Phi) is 7.90. The molecule has 3 aromatic rings. The normalized spacial score (nSPS) is 15.4. The summed E-state index contributed by atoms with van der Waals surface area (Å²) in [6, 6.07) is 17.1. The zero-order chi connectivity index (χ0) is 24.1. The van der Waals surface area contributed by atoms with Gasteiger partial charge in [-0.25, -0.2) is 9.18 Å². The molecule has 0 spiro atoms. The second-order valence-electron chi connectivity index (χ2n) is 8.19. The van der Waals surface area contributed by atoms with Crippen LogP contribution in [0, 0.1) is 5.82 Å². The molecule has 1 aliphatic rings. The molecule has 1 saturated heterocycles. The van der Waals surface area contributed by atoms with E-state index < -0.39 is 18.0 Å². The Hall–Kier alpha value is -2.84. The van der Waals surface area contributed by atoms with Crippen molar-refractivity contribution in [2.75, 3.05) is 24.2 Å². The maximum Gasteiger partial charge on any atom is 0.414 e. The van der Waals surface area contributed by atoms with Gasteiger partial charge in [0.25, 0.3) is 0 Å². The highest BCUT2D eigenvalue weighted by atomic mass is 32.2. The average Bonchev–Trinajstić information content (AvgIpc) is 3.44. The fourth-order valence-electron chi connectivity index (χ4n) is 3.92. The Labute approximate surface area is 207 Å². The summed E-state index contributed by atoms with van der Waals surface area (Å²) in [6.07, 6.45) is 4.21. The molecule has 8 heteroatoms. The number of hydrogen-bond acceptors (Lipinski definition) is 5. The van der Waals surface area contributed by atoms with E-state index in [1.807, 2.05) is 23.5 Å². The zero-order valence-electron chi connectivity index (χ0n) is 19.2. The summed E-state index contributed by atoms with van der Waals surface area (Å²) in [5.74, 6) is -0.589. The standard InChI is InChI=1S/C26H27FN2O3S2/c1-17(30)28-15-21-16-29(26(31)32-21)20-10-12-23(24(27)14-20)19-8-6-18(7-9-19)4-3-5-22-11-13-25(33-2)34-22/h6-14,21H,3-5,15-16H2,1-2H3,(H,28,30)/t21-/m0/s1. The molecule has 1 N–H and O–H groups in total. The minimum absolute atomic E-state index is 0.192. The Morgan fingerprint density at radius 3 is 2.65 bits per heavy atom. The molecule has 2 aromatic carbocycles. The van der Waals surface area contributed by atoms with Gasteiger partial charge < -0.3 is 10.1 Å². The van der Waals surface area contributed by atoms with Crippen molar-refractivity contribution in [3.05, 3.63) is 70.9 Å². The summed E-state index contributed by atoms with van der Waals surface area (Å²) in [5, 5.41) is 2.63. The number of nitrogens with one attached hydrogen (secondary N) is 1. The lowest BCUT2D eigenvalue weighted by Gasteiger charge is -2.14. The molecule has 2 amide bonds. The van der Waals surface area contributed by atoms with Gasteiger partial charge in [-0.15, -0.1) is 23.1 Å². The molecule has 0 unspecified atom stereocenters. The smallest absolute Gasteiger partial charge is 0.414 e. The van der Waals surface area contributed by atoms with E-state index >= 15 is 0 Å². The third kappa shape index (κ3) is 5.98. The molecule has 1 aromatic heterocycles. The first-order valence-corrected chi connectivity index (χ1v) is 13.2. The molecule has 1 aliphatic heterocycles. The number of benzene rings is 2. The van der Waals surface area contributed by atoms with E-state index in [9.17, 15) is 14.0 Å². The maximum absolute atomic E-state index is 15.0. The SMILES string of the molecule is CSc1ccc(CCCc2ccc(-c3ccc(N4C[C@H](CNC(C)=O)OC4=O)cc3F)cc2)s1. The molecule has 1 fully saturated rings. The number of thiophene rings is 1. The first-order chi connectivity index (χ1) is 16.4. The largest absolute Gasteiger partial charge is 0.442 e. The predicted molar refractivity (Wildman–Crippen MR) is 136 cm³/mol. The van der Waals surface area contributed by atoms with E-state index in [1.165, 1.54) is 32.5 Å². The number of hydrogen-bond donors (Lipinski definition) is 1. The molecule has 4 rings (SSSR count). The highest BCUT2D eigenvalue weighted by Gasteiger charge is 2.32. The average molecular weight is 499 g/mol. The number of amides is 2. The molecule has 0 aliphatic carbocycles. The van der Waals surface area contributed by atoms with E-state index in [-0.39, 0.29) is 19.0 Å². The number of aryl methyl sites for hydroxylation is 2. The number of cyclic esters (lactones) is 1. The summed E-state index contributed by atoms with van der Waals surface area (Å²) in [7, 11) is 0. The van der Waals surface area contributed by atoms with Gasteiger partial charge in [-0.3, -0.25) is 9.69 Å². The second-order valence-corrected chi connectivity index (χ2v) is 10.5. The van der Waals surface area contributed by atoms with Crippen LogP contribution in [0.4, 0.5) is 14.9 Å². The van der Waals surface area contributed by atoms with Gasteiger partial charge in [0.15, 0.2) is 0 Å². The molecule has 5 nitrogen and oxygen atoms in total. The number of carbonyl (C=O) groups excluding carboxylic acids is 2. The maximum atomic E-state index is 15.0. The molecular formula is C26H27FN2O3S2. The van der Waals surface area contributed by atoms with Gasteiger partial charge in [-0.2, -0.15) is 0 Å². The van der Waals surface area contributed by atoms with E-state index in [2.05, 4.69) is 35.8 Å². The van der Waals surface area contributed by atoms with E-state index in [4.69, 9.17) is 4.74 Å². The molecule has 0 saturated carbocycles. The van der Waals surface area contributed by atoms with Gasteiger partial charge in [0.2, 0.25) is 5.91 Å². The lowest BCUT2D eigenvalue weighted by Crippen LogP contribution is -2.33. The van der Waals surface area contributed by atoms with Gasteiger partial charge in [0.1, 0.15) is 11.9 Å². The van der Waals surface area contributed by atoms with Gasteiger partial charge in [-0.1, -0.05) is 24.3 Å². The lowest BCUT2D eigenvalue weighted by molar-refractivity contribution is -0.119. The van der Waals surface area contributed by atoms with Crippen LogP contribution >= 0.6 is 23.1 Å². The van der Waals surface area contributed by atoms with Crippen molar-refractivity contribution in [3.8, 4) is 11.1 Å². The third-order valence-electron chi connectivity index (χ3n) is 5.71. The molecule has 178 valence electrons. The third-order valence-corrected chi connectivity index (χ3v) is 7.94. The van der Waals surface area contributed by atoms with Gasteiger partial charge in [0, 0.05) is 17.4 Å². The van der Waals surface area contributed by atoms with Crippen LogP contribution in [-0.4, -0.2) is 37.4 Å². The van der Waals surface area contributed by atoms with Crippen molar-refractivity contribution in [3.63, 3.8) is 0 Å². The number of carbonyl (C=O) groups is 2. The Morgan fingerprint density at radius 2 is 1.97 bits per heavy atom. The molecule has 1 atom stereocenters. The minimum Gasteiger partial charge on any atom is -0.442 e. The minimum atomic E-state index is -0.543. The fraction of sp³-hybridized carbons (Fsp3) is 0.308. The van der Waals surface area contributed by atoms with Crippen LogP contribution in [0.25, 0.3) is 11.1 Å². The molecular weight excluding hydrogens is 471 g/mol. The number of nitrogens with zero attached hydrogens (tertiary/aromatic N) is 1. The second kappa shape index (κ2) is 11.1. The van der Waals surface area contributed by atoms with Crippen molar-refractivity contribution in [2.45, 2.75) is 36.5 Å². The molecule has 0 bridgehead atoms. The highest BCUT2D eigenvalue weighted by molar-refractivity contribution is 8.00. The Morgan fingerprint density at radius 1 is 1.18 bits per heavy atom. The van der Waals surface area contributed by atoms with Crippen LogP contribution in [0.3, 0.4) is 0 Å². The van der Waals surface area contributed by atoms with E-state index in [0.717, 1.165) is 24.8 Å². The molecule has 2 heterocycles. The molecule has 0 radical (unpaired) electrons. The Balaban J connectivity index is 1.36. The van der Waals surface area contributed by atoms with Crippen molar-refractivity contribution in [2.24, 2.45) is 0 Å². The summed E-state index contributed by atoms with van der Waals surface area (Å²) in [6.45, 7) is 1.90. The van der Waals surface area contributed by atoms with Crippen LogP contribution in [0.15, 0.2) is 58.8 Å². The van der Waals surface area contributed by atoms with Gasteiger partial charge >= 0.3 is 6.09 Å². The van der Waals surface area contributed by atoms with E-state index in [1.54, 1.807) is 23.9 Å². The molecule has 34 heavy (non-hydrogen) atoms. The van der Waals surface area contributed by atoms with Crippen LogP contribution < -0.4 is 10.2 Å². The number of thioether (sulfide) groups is 1. The van der Waals surface area contributed by atoms with Crippen LogP contribution in [0.1, 0.15) is 23.8 Å². The zero-order valence-corrected chi connectivity index (χ0v) is 20.8. The van der Waals surface area contributed by atoms with Crippen LogP contribution in [0.2, 0.25) is 0 Å². The van der Waals surface area contributed by atoms with Gasteiger partial charge in [-0.05, 0) is 67.0 Å². The highest BCUT2D eigenvalue weighted by Crippen LogP contribution is 2.30. The number of anilines is 1. The van der Waals surface area contributed by atoms with Crippen molar-refractivity contribution < 1.29 is 18.7 Å². The van der Waals surface area contributed by atoms with Crippen LogP contribution in [0.5, 0.6) is 0 Å². The summed E-state index contributed by atoms with van der Waals surface area (Å²) in [4.78, 5) is 26.1. The number of ether oxygens (including phenoxy) is 1. The van der Waals surface area contributed by atoms with Gasteiger partial charge in [0.05, 0.1) is 23.0 Å². The van der Waals surface area contributed by atoms with Crippen molar-refractivity contribution in [1.82, 2.24) is 5.32 Å². The van der Waals surface area contributed by atoms with Crippen molar-refractivity contribution in [1.29, 1.82) is 0 Å². The monoisotopic (exact) mass is 498 g/mol. The Bertz CT molecular complexity index is 1160. The number of halogens is 1. The quantitative estimate of drug-likeness (QED) is 0.373. The summed E-state index contributed by atoms with van der Waals surface area (Å²) < 4.78 is 21.6. The van der Waals surface area contributed by atoms with E-state index in [0.29, 0.717) is 11.3 Å². The fourth-order valence-corrected chi connectivity index (χ4v) is 5.56. The van der Waals surface area contributed by atoms with Crippen LogP contribution in [-0.2, 0) is 22.4 Å². The first-order valence-electron chi connectivity index (χ1n) is 11.2. The van der Waals surface area contributed by atoms with Crippen molar-refractivity contribution >= 4 is 40.8 Å².